The van der Waals surface area contributed by atoms with Gasteiger partial charge in [0.15, 0.2) is 0 Å². The lowest BCUT2D eigenvalue weighted by molar-refractivity contribution is 0.593. The average molecular weight is 459 g/mol. The molecule has 0 unspecified atom stereocenters. The predicted octanol–water partition coefficient (Wildman–Crippen LogP) is 4.55. The summed E-state index contributed by atoms with van der Waals surface area (Å²) in [5, 5.41) is 0. The normalized spacial score (nSPS) is 11.9. The van der Waals surface area contributed by atoms with Gasteiger partial charge in [0.1, 0.15) is 0 Å². The van der Waals surface area contributed by atoms with Crippen molar-refractivity contribution in [2.75, 3.05) is 16.1 Å². The number of hydrogen-bond acceptors (Lipinski definition) is 4. The average Bonchev–Trinajstić information content (AvgIpc) is 2.69. The number of nitrogens with zero attached hydrogens (tertiary/aromatic N) is 1. The fourth-order valence-electron chi connectivity index (χ4n) is 3.34. The molecule has 0 aromatic heterocycles. The van der Waals surface area contributed by atoms with Gasteiger partial charge in [0.05, 0.1) is 21.2 Å². The van der Waals surface area contributed by atoms with Crippen LogP contribution in [-0.4, -0.2) is 23.9 Å². The third-order valence-electron chi connectivity index (χ3n) is 5.19. The van der Waals surface area contributed by atoms with Crippen molar-refractivity contribution in [2.24, 2.45) is 0 Å². The van der Waals surface area contributed by atoms with Gasteiger partial charge >= 0.3 is 0 Å². The number of rotatable bonds is 6. The maximum Gasteiger partial charge on any atom is 0.264 e. The number of para-hydroxylation sites is 1. The van der Waals surface area contributed by atoms with Crippen LogP contribution in [0.4, 0.5) is 11.4 Å². The molecular formula is C23H26N2O4S2. The predicted molar refractivity (Wildman–Crippen MR) is 125 cm³/mol. The third-order valence-corrected chi connectivity index (χ3v) is 8.48. The van der Waals surface area contributed by atoms with E-state index in [0.29, 0.717) is 22.5 Å². The summed E-state index contributed by atoms with van der Waals surface area (Å²) >= 11 is 0. The van der Waals surface area contributed by atoms with Crippen molar-refractivity contribution in [2.45, 2.75) is 37.5 Å². The smallest absolute Gasteiger partial charge is 0.264 e. The van der Waals surface area contributed by atoms with Gasteiger partial charge in [-0.05, 0) is 68.7 Å². The molecule has 1 N–H and O–H groups in total. The van der Waals surface area contributed by atoms with Gasteiger partial charge in [0.25, 0.3) is 20.0 Å². The number of nitrogens with one attached hydrogen (secondary N) is 1. The molecule has 8 heteroatoms. The quantitative estimate of drug-likeness (QED) is 0.588. The fourth-order valence-corrected chi connectivity index (χ4v) is 5.97. The molecule has 0 heterocycles. The van der Waals surface area contributed by atoms with Crippen molar-refractivity contribution in [1.82, 2.24) is 0 Å². The molecule has 0 aliphatic carbocycles. The van der Waals surface area contributed by atoms with E-state index in [-0.39, 0.29) is 9.79 Å². The highest BCUT2D eigenvalue weighted by Gasteiger charge is 2.26. The van der Waals surface area contributed by atoms with Gasteiger partial charge in [0, 0.05) is 7.05 Å². The molecule has 6 nitrogen and oxygen atoms in total. The SMILES string of the molecule is Cc1ccc(S(=O)(=O)N(C)c2cc(S(=O)(=O)Nc3ccccc3C)c(C)cc2C)cc1. The number of hydrogen-bond donors (Lipinski definition) is 1. The molecule has 0 fully saturated rings. The molecule has 0 spiro atoms. The first-order chi connectivity index (χ1) is 14.4. The highest BCUT2D eigenvalue weighted by molar-refractivity contribution is 7.93. The second-order valence-electron chi connectivity index (χ2n) is 7.61. The Labute approximate surface area is 184 Å². The molecule has 164 valence electrons. The van der Waals surface area contributed by atoms with E-state index in [2.05, 4.69) is 4.72 Å². The Bertz CT molecular complexity index is 1330. The highest BCUT2D eigenvalue weighted by atomic mass is 32.2. The van der Waals surface area contributed by atoms with Crippen molar-refractivity contribution in [3.63, 3.8) is 0 Å². The standard InChI is InChI=1S/C23H26N2O4S2/c1-16-10-12-20(13-11-16)31(28,29)25(5)22-15-23(19(4)14-18(22)3)30(26,27)24-21-9-7-6-8-17(21)2/h6-15,24H,1-5H3. The minimum Gasteiger partial charge on any atom is -0.279 e. The zero-order valence-electron chi connectivity index (χ0n) is 18.2. The topological polar surface area (TPSA) is 83.6 Å². The summed E-state index contributed by atoms with van der Waals surface area (Å²) in [6, 6.07) is 16.7. The molecule has 3 aromatic rings. The zero-order chi connectivity index (χ0) is 23.0. The Balaban J connectivity index is 2.06. The van der Waals surface area contributed by atoms with E-state index in [1.807, 2.05) is 26.0 Å². The van der Waals surface area contributed by atoms with E-state index in [9.17, 15) is 16.8 Å². The van der Waals surface area contributed by atoms with Crippen molar-refractivity contribution >= 4 is 31.4 Å². The molecule has 3 rings (SSSR count). The number of sulfonamides is 2. The van der Waals surface area contributed by atoms with E-state index in [0.717, 1.165) is 15.4 Å². The fraction of sp³-hybridized carbons (Fsp3) is 0.217. The molecule has 0 aliphatic heterocycles. The second kappa shape index (κ2) is 8.36. The number of aryl methyl sites for hydroxylation is 4. The van der Waals surface area contributed by atoms with Crippen LogP contribution < -0.4 is 9.03 Å². The Kier molecular flexibility index (Phi) is 6.16. The van der Waals surface area contributed by atoms with Gasteiger partial charge in [-0.3, -0.25) is 9.03 Å². The highest BCUT2D eigenvalue weighted by Crippen LogP contribution is 2.31. The summed E-state index contributed by atoms with van der Waals surface area (Å²) in [5.41, 5.74) is 3.70. The Morgan fingerprint density at radius 3 is 1.97 bits per heavy atom. The van der Waals surface area contributed by atoms with Crippen molar-refractivity contribution in [3.05, 3.63) is 82.9 Å². The van der Waals surface area contributed by atoms with E-state index >= 15 is 0 Å². The maximum atomic E-state index is 13.1. The van der Waals surface area contributed by atoms with Crippen LogP contribution >= 0.6 is 0 Å². The summed E-state index contributed by atoms with van der Waals surface area (Å²) in [6.07, 6.45) is 0. The van der Waals surface area contributed by atoms with Gasteiger partial charge < -0.3 is 0 Å². The van der Waals surface area contributed by atoms with Crippen molar-refractivity contribution < 1.29 is 16.8 Å². The van der Waals surface area contributed by atoms with Crippen molar-refractivity contribution in [3.8, 4) is 0 Å². The lowest BCUT2D eigenvalue weighted by Gasteiger charge is -2.23. The molecule has 0 saturated carbocycles. The van der Waals surface area contributed by atoms with Crippen LogP contribution in [0, 0.1) is 27.7 Å². The lowest BCUT2D eigenvalue weighted by Crippen LogP contribution is -2.28. The van der Waals surface area contributed by atoms with Gasteiger partial charge in [-0.15, -0.1) is 0 Å². The summed E-state index contributed by atoms with van der Waals surface area (Å²) in [7, 11) is -6.35. The molecule has 0 atom stereocenters. The van der Waals surface area contributed by atoms with Crippen LogP contribution in [0.5, 0.6) is 0 Å². The Hall–Kier alpha value is -2.84. The largest absolute Gasteiger partial charge is 0.279 e. The van der Waals surface area contributed by atoms with E-state index in [1.165, 1.54) is 13.1 Å². The summed E-state index contributed by atoms with van der Waals surface area (Å²) in [5.74, 6) is 0. The lowest BCUT2D eigenvalue weighted by atomic mass is 10.1. The molecule has 0 bridgehead atoms. The zero-order valence-corrected chi connectivity index (χ0v) is 19.8. The van der Waals surface area contributed by atoms with E-state index < -0.39 is 20.0 Å². The van der Waals surface area contributed by atoms with Crippen LogP contribution in [0.15, 0.2) is 70.5 Å². The van der Waals surface area contributed by atoms with Crippen LogP contribution in [-0.2, 0) is 20.0 Å². The molecule has 0 saturated heterocycles. The molecule has 31 heavy (non-hydrogen) atoms. The summed E-state index contributed by atoms with van der Waals surface area (Å²) < 4.78 is 56.3. The molecule has 0 amide bonds. The van der Waals surface area contributed by atoms with E-state index in [4.69, 9.17) is 0 Å². The molecule has 0 radical (unpaired) electrons. The minimum atomic E-state index is -3.93. The number of anilines is 2. The van der Waals surface area contributed by atoms with Crippen LogP contribution in [0.25, 0.3) is 0 Å². The van der Waals surface area contributed by atoms with Gasteiger partial charge in [0.2, 0.25) is 0 Å². The first-order valence-electron chi connectivity index (χ1n) is 9.69. The first-order valence-corrected chi connectivity index (χ1v) is 12.6. The Morgan fingerprint density at radius 1 is 0.742 bits per heavy atom. The summed E-state index contributed by atoms with van der Waals surface area (Å²) in [6.45, 7) is 7.14. The Morgan fingerprint density at radius 2 is 1.35 bits per heavy atom. The van der Waals surface area contributed by atoms with Crippen molar-refractivity contribution in [1.29, 1.82) is 0 Å². The molecule has 0 aliphatic rings. The van der Waals surface area contributed by atoms with Crippen LogP contribution in [0.3, 0.4) is 0 Å². The summed E-state index contributed by atoms with van der Waals surface area (Å²) in [4.78, 5) is 0.172. The number of benzene rings is 3. The van der Waals surface area contributed by atoms with Gasteiger partial charge in [-0.2, -0.15) is 0 Å². The monoisotopic (exact) mass is 458 g/mol. The molecule has 3 aromatic carbocycles. The van der Waals surface area contributed by atoms with Crippen LogP contribution in [0.1, 0.15) is 22.3 Å². The third kappa shape index (κ3) is 4.60. The van der Waals surface area contributed by atoms with Gasteiger partial charge in [-0.1, -0.05) is 42.0 Å². The second-order valence-corrected chi connectivity index (χ2v) is 11.2. The maximum absolute atomic E-state index is 13.1. The first kappa shape index (κ1) is 22.8. The minimum absolute atomic E-state index is 0.0299. The van der Waals surface area contributed by atoms with Crippen LogP contribution in [0.2, 0.25) is 0 Å². The molecular weight excluding hydrogens is 432 g/mol. The van der Waals surface area contributed by atoms with Gasteiger partial charge in [-0.25, -0.2) is 16.8 Å². The van der Waals surface area contributed by atoms with E-state index in [1.54, 1.807) is 56.3 Å².